The highest BCUT2D eigenvalue weighted by atomic mass is 16.5. The number of methoxy groups -OCH3 is 1. The third-order valence-corrected chi connectivity index (χ3v) is 4.52. The van der Waals surface area contributed by atoms with Crippen LogP contribution in [0.3, 0.4) is 0 Å². The van der Waals surface area contributed by atoms with Gasteiger partial charge in [-0.05, 0) is 45.9 Å². The van der Waals surface area contributed by atoms with Gasteiger partial charge in [-0.1, -0.05) is 0 Å². The summed E-state index contributed by atoms with van der Waals surface area (Å²) in [5.74, 6) is 2.13. The van der Waals surface area contributed by atoms with E-state index in [1.807, 2.05) is 43.8 Å². The summed E-state index contributed by atoms with van der Waals surface area (Å²) in [6.45, 7) is 8.97. The number of nitrogens with one attached hydrogen (secondary N) is 2. The average Bonchev–Trinajstić information content (AvgIpc) is 2.94. The fourth-order valence-electron chi connectivity index (χ4n) is 3.26. The first-order valence-corrected chi connectivity index (χ1v) is 8.99. The molecule has 0 bridgehead atoms. The van der Waals surface area contributed by atoms with Gasteiger partial charge in [0.25, 0.3) is 0 Å². The molecule has 0 fully saturated rings. The van der Waals surface area contributed by atoms with Crippen molar-refractivity contribution < 1.29 is 4.74 Å². The predicted octanol–water partition coefficient (Wildman–Crippen LogP) is 4.08. The Hall–Kier alpha value is -3.09. The second-order valence-corrected chi connectivity index (χ2v) is 6.37. The lowest BCUT2D eigenvalue weighted by atomic mass is 10.0. The molecule has 0 saturated heterocycles. The molecule has 0 atom stereocenters. The molecule has 2 N–H and O–H groups in total. The number of aromatic nitrogens is 4. The monoisotopic (exact) mass is 366 g/mol. The third-order valence-electron chi connectivity index (χ3n) is 4.52. The van der Waals surface area contributed by atoms with E-state index in [1.54, 1.807) is 7.11 Å². The molecule has 2 heterocycles. The van der Waals surface area contributed by atoms with Gasteiger partial charge in [0.2, 0.25) is 5.95 Å². The Balaban J connectivity index is 2.05. The number of anilines is 3. The number of hydrogen-bond donors (Lipinski definition) is 2. The van der Waals surface area contributed by atoms with Crippen LogP contribution in [0.2, 0.25) is 0 Å². The lowest BCUT2D eigenvalue weighted by Crippen LogP contribution is -2.02. The molecular formula is C20H26N6O. The van der Waals surface area contributed by atoms with E-state index in [9.17, 15) is 0 Å². The molecule has 0 aliphatic rings. The number of aryl methyl sites for hydroxylation is 3. The zero-order valence-electron chi connectivity index (χ0n) is 16.7. The molecule has 0 amide bonds. The molecule has 142 valence electrons. The summed E-state index contributed by atoms with van der Waals surface area (Å²) in [5, 5.41) is 11.0. The first-order chi connectivity index (χ1) is 13.0. The summed E-state index contributed by atoms with van der Waals surface area (Å²) in [7, 11) is 3.53. The number of ether oxygens (including phenoxy) is 1. The second kappa shape index (κ2) is 7.65. The summed E-state index contributed by atoms with van der Waals surface area (Å²) < 4.78 is 7.61. The normalized spacial score (nSPS) is 10.7. The van der Waals surface area contributed by atoms with Crippen molar-refractivity contribution in [3.63, 3.8) is 0 Å². The lowest BCUT2D eigenvalue weighted by molar-refractivity contribution is 0.416. The van der Waals surface area contributed by atoms with Gasteiger partial charge < -0.3 is 15.4 Å². The van der Waals surface area contributed by atoms with Gasteiger partial charge in [0.1, 0.15) is 11.6 Å². The zero-order valence-corrected chi connectivity index (χ0v) is 16.7. The summed E-state index contributed by atoms with van der Waals surface area (Å²) >= 11 is 0. The van der Waals surface area contributed by atoms with E-state index in [-0.39, 0.29) is 0 Å². The van der Waals surface area contributed by atoms with Crippen LogP contribution in [0.5, 0.6) is 5.75 Å². The first kappa shape index (κ1) is 18.7. The van der Waals surface area contributed by atoms with E-state index in [1.165, 1.54) is 0 Å². The van der Waals surface area contributed by atoms with Crippen molar-refractivity contribution in [3.8, 4) is 16.9 Å². The van der Waals surface area contributed by atoms with Crippen LogP contribution in [0.1, 0.15) is 24.0 Å². The first-order valence-electron chi connectivity index (χ1n) is 8.99. The molecule has 0 aliphatic heterocycles. The second-order valence-electron chi connectivity index (χ2n) is 6.37. The minimum absolute atomic E-state index is 0.549. The summed E-state index contributed by atoms with van der Waals surface area (Å²) in [6, 6.07) is 7.87. The molecule has 0 unspecified atom stereocenters. The molecule has 3 aromatic rings. The van der Waals surface area contributed by atoms with E-state index in [0.717, 1.165) is 52.0 Å². The molecule has 3 rings (SSSR count). The van der Waals surface area contributed by atoms with Gasteiger partial charge in [0.05, 0.1) is 12.8 Å². The Morgan fingerprint density at radius 3 is 2.52 bits per heavy atom. The van der Waals surface area contributed by atoms with E-state index in [0.29, 0.717) is 5.95 Å². The number of hydrogen-bond acceptors (Lipinski definition) is 6. The number of benzene rings is 1. The Morgan fingerprint density at radius 1 is 1.11 bits per heavy atom. The fraction of sp³-hybridized carbons (Fsp3) is 0.350. The van der Waals surface area contributed by atoms with Gasteiger partial charge in [0, 0.05) is 47.9 Å². The van der Waals surface area contributed by atoms with Crippen molar-refractivity contribution in [2.24, 2.45) is 0 Å². The molecule has 7 nitrogen and oxygen atoms in total. The highest BCUT2D eigenvalue weighted by Crippen LogP contribution is 2.37. The van der Waals surface area contributed by atoms with Crippen LogP contribution in [0.25, 0.3) is 11.1 Å². The molecule has 7 heteroatoms. The summed E-state index contributed by atoms with van der Waals surface area (Å²) in [6.07, 6.45) is 0. The minimum Gasteiger partial charge on any atom is -0.496 e. The van der Waals surface area contributed by atoms with Crippen LogP contribution in [-0.4, -0.2) is 33.9 Å². The Bertz CT molecular complexity index is 963. The average molecular weight is 366 g/mol. The maximum Gasteiger partial charge on any atom is 0.229 e. The van der Waals surface area contributed by atoms with Crippen molar-refractivity contribution in [1.29, 1.82) is 0 Å². The molecule has 0 radical (unpaired) electrons. The van der Waals surface area contributed by atoms with Gasteiger partial charge in [-0.25, -0.2) is 4.98 Å². The molecule has 0 saturated carbocycles. The lowest BCUT2D eigenvalue weighted by Gasteiger charge is -2.13. The topological polar surface area (TPSA) is 76.9 Å². The van der Waals surface area contributed by atoms with Crippen LogP contribution < -0.4 is 15.4 Å². The highest BCUT2D eigenvalue weighted by molar-refractivity contribution is 5.78. The van der Waals surface area contributed by atoms with Gasteiger partial charge in [-0.2, -0.15) is 10.1 Å². The van der Waals surface area contributed by atoms with Gasteiger partial charge >= 0.3 is 0 Å². The van der Waals surface area contributed by atoms with Crippen LogP contribution in [0.15, 0.2) is 24.3 Å². The zero-order chi connectivity index (χ0) is 19.6. The van der Waals surface area contributed by atoms with E-state index >= 15 is 0 Å². The molecule has 1 aromatic carbocycles. The summed E-state index contributed by atoms with van der Waals surface area (Å²) in [5.41, 5.74) is 5.98. The molecule has 2 aromatic heterocycles. The van der Waals surface area contributed by atoms with Crippen molar-refractivity contribution >= 4 is 17.5 Å². The highest BCUT2D eigenvalue weighted by Gasteiger charge is 2.17. The van der Waals surface area contributed by atoms with Crippen molar-refractivity contribution in [3.05, 3.63) is 41.3 Å². The largest absolute Gasteiger partial charge is 0.496 e. The smallest absolute Gasteiger partial charge is 0.229 e. The van der Waals surface area contributed by atoms with Crippen molar-refractivity contribution in [2.45, 2.75) is 34.2 Å². The van der Waals surface area contributed by atoms with Crippen molar-refractivity contribution in [2.75, 3.05) is 24.8 Å². The number of rotatable bonds is 6. The van der Waals surface area contributed by atoms with E-state index in [2.05, 4.69) is 45.6 Å². The molecular weight excluding hydrogens is 340 g/mol. The van der Waals surface area contributed by atoms with Crippen LogP contribution in [-0.2, 0) is 6.54 Å². The molecule has 0 spiro atoms. The Morgan fingerprint density at radius 2 is 1.89 bits per heavy atom. The number of nitrogens with zero attached hydrogens (tertiary/aromatic N) is 4. The van der Waals surface area contributed by atoms with E-state index < -0.39 is 0 Å². The molecule has 27 heavy (non-hydrogen) atoms. The Labute approximate surface area is 159 Å². The fourth-order valence-corrected chi connectivity index (χ4v) is 3.26. The van der Waals surface area contributed by atoms with Gasteiger partial charge in [0.15, 0.2) is 0 Å². The quantitative estimate of drug-likeness (QED) is 0.684. The van der Waals surface area contributed by atoms with Crippen LogP contribution in [0, 0.1) is 20.8 Å². The van der Waals surface area contributed by atoms with Crippen LogP contribution >= 0.6 is 0 Å². The Kier molecular flexibility index (Phi) is 5.30. The third kappa shape index (κ3) is 3.72. The maximum absolute atomic E-state index is 5.61. The predicted molar refractivity (Wildman–Crippen MR) is 109 cm³/mol. The molecule has 0 aliphatic carbocycles. The van der Waals surface area contributed by atoms with Gasteiger partial charge in [-0.15, -0.1) is 0 Å². The summed E-state index contributed by atoms with van der Waals surface area (Å²) in [4.78, 5) is 8.93. The maximum atomic E-state index is 5.61. The standard InChI is InChI=1S/C20H26N6O/c1-7-26-14(4)19(13(3)25-26)16-11-15(8-9-17(16)27-6)23-20-22-12(2)10-18(21-5)24-20/h8-11H,7H2,1-6H3,(H2,21,22,23,24). The van der Waals surface area contributed by atoms with Crippen molar-refractivity contribution in [1.82, 2.24) is 19.7 Å². The van der Waals surface area contributed by atoms with Gasteiger partial charge in [-0.3, -0.25) is 4.68 Å². The van der Waals surface area contributed by atoms with Crippen LogP contribution in [0.4, 0.5) is 17.5 Å². The van der Waals surface area contributed by atoms with E-state index in [4.69, 9.17) is 4.74 Å². The SMILES string of the molecule is CCn1nc(C)c(-c2cc(Nc3nc(C)cc(NC)n3)ccc2OC)c1C. The minimum atomic E-state index is 0.549.